The van der Waals surface area contributed by atoms with Gasteiger partial charge in [0.05, 0.1) is 24.1 Å². The molecule has 0 atom stereocenters. The van der Waals surface area contributed by atoms with E-state index in [4.69, 9.17) is 18.7 Å². The molecular weight excluding hydrogens is 438 g/mol. The van der Waals surface area contributed by atoms with E-state index in [2.05, 4.69) is 15.2 Å². The zero-order valence-electron chi connectivity index (χ0n) is 17.6. The van der Waals surface area contributed by atoms with Gasteiger partial charge in [-0.05, 0) is 36.8 Å². The average Bonchev–Trinajstić information content (AvgIpc) is 3.12. The molecule has 0 saturated heterocycles. The van der Waals surface area contributed by atoms with Crippen molar-refractivity contribution in [2.45, 2.75) is 18.7 Å². The Morgan fingerprint density at radius 1 is 1.09 bits per heavy atom. The lowest BCUT2D eigenvalue weighted by Crippen LogP contribution is -2.17. The maximum Gasteiger partial charge on any atom is 0.265 e. The Bertz CT molecular complexity index is 1280. The van der Waals surface area contributed by atoms with Gasteiger partial charge in [-0.25, -0.2) is 8.42 Å². The summed E-state index contributed by atoms with van der Waals surface area (Å²) in [5.41, 5.74) is 1.75. The van der Waals surface area contributed by atoms with Gasteiger partial charge in [0.15, 0.2) is 11.5 Å². The molecule has 2 N–H and O–H groups in total. The van der Waals surface area contributed by atoms with Gasteiger partial charge in [-0.2, -0.15) is 0 Å². The normalized spacial score (nSPS) is 12.8. The second-order valence-electron chi connectivity index (χ2n) is 6.98. The topological polar surface area (TPSA) is 129 Å². The van der Waals surface area contributed by atoms with Crippen molar-refractivity contribution >= 4 is 27.5 Å². The number of rotatable bonds is 6. The lowest BCUT2D eigenvalue weighted by atomic mass is 10.1. The molecule has 0 saturated carbocycles. The van der Waals surface area contributed by atoms with Crippen molar-refractivity contribution in [2.75, 3.05) is 30.4 Å². The number of sulfonamides is 1. The Labute approximate surface area is 184 Å². The zero-order chi connectivity index (χ0) is 22.9. The van der Waals surface area contributed by atoms with Crippen molar-refractivity contribution in [1.82, 2.24) is 5.16 Å². The molecule has 11 heteroatoms. The molecule has 0 aliphatic carbocycles. The van der Waals surface area contributed by atoms with E-state index in [1.165, 1.54) is 26.2 Å². The summed E-state index contributed by atoms with van der Waals surface area (Å²) in [7, 11) is -2.67. The van der Waals surface area contributed by atoms with Gasteiger partial charge in [0.2, 0.25) is 11.8 Å². The second-order valence-corrected chi connectivity index (χ2v) is 8.63. The van der Waals surface area contributed by atoms with Crippen LogP contribution >= 0.6 is 0 Å². The molecule has 0 fully saturated rings. The quantitative estimate of drug-likeness (QED) is 0.575. The first-order valence-electron chi connectivity index (χ1n) is 9.63. The Hall–Kier alpha value is -3.73. The monoisotopic (exact) mass is 459 g/mol. The zero-order valence-corrected chi connectivity index (χ0v) is 18.4. The molecule has 0 radical (unpaired) electrons. The van der Waals surface area contributed by atoms with Crippen LogP contribution in [0.25, 0.3) is 11.1 Å². The maximum absolute atomic E-state index is 13.2. The number of amides is 1. The van der Waals surface area contributed by atoms with E-state index in [1.54, 1.807) is 31.2 Å². The van der Waals surface area contributed by atoms with Gasteiger partial charge in [-0.1, -0.05) is 11.2 Å². The van der Waals surface area contributed by atoms with Crippen molar-refractivity contribution in [2.24, 2.45) is 0 Å². The first kappa shape index (κ1) is 21.5. The molecule has 2 heterocycles. The third kappa shape index (κ3) is 4.19. The number of anilines is 2. The van der Waals surface area contributed by atoms with Crippen LogP contribution in [0.15, 0.2) is 45.8 Å². The first-order valence-corrected chi connectivity index (χ1v) is 11.1. The first-order chi connectivity index (χ1) is 15.3. The Balaban J connectivity index is 1.73. The third-order valence-electron chi connectivity index (χ3n) is 4.69. The van der Waals surface area contributed by atoms with Crippen LogP contribution in [-0.4, -0.2) is 39.8 Å². The fourth-order valence-electron chi connectivity index (χ4n) is 3.31. The predicted octanol–water partition coefficient (Wildman–Crippen LogP) is 3.19. The van der Waals surface area contributed by atoms with Crippen LogP contribution in [0.3, 0.4) is 0 Å². The molecule has 3 aromatic rings. The lowest BCUT2D eigenvalue weighted by Gasteiger charge is -2.19. The van der Waals surface area contributed by atoms with Crippen LogP contribution in [0.4, 0.5) is 11.6 Å². The van der Waals surface area contributed by atoms with Crippen molar-refractivity contribution in [3.05, 3.63) is 42.1 Å². The molecule has 168 valence electrons. The van der Waals surface area contributed by atoms with E-state index >= 15 is 0 Å². The van der Waals surface area contributed by atoms with E-state index in [0.717, 1.165) is 0 Å². The fraction of sp³-hybridized carbons (Fsp3) is 0.238. The van der Waals surface area contributed by atoms with E-state index in [-0.39, 0.29) is 22.4 Å². The number of hydrogen-bond donors (Lipinski definition) is 2. The highest BCUT2D eigenvalue weighted by Gasteiger charge is 2.24. The van der Waals surface area contributed by atoms with Crippen molar-refractivity contribution in [3.8, 4) is 28.4 Å². The number of methoxy groups -OCH3 is 1. The number of nitrogens with zero attached hydrogens (tertiary/aromatic N) is 1. The van der Waals surface area contributed by atoms with Gasteiger partial charge >= 0.3 is 0 Å². The summed E-state index contributed by atoms with van der Waals surface area (Å²) >= 11 is 0. The molecular formula is C21H21N3O7S. The van der Waals surface area contributed by atoms with Crippen LogP contribution in [0.2, 0.25) is 0 Å². The molecule has 32 heavy (non-hydrogen) atoms. The fourth-order valence-corrected chi connectivity index (χ4v) is 4.56. The van der Waals surface area contributed by atoms with Crippen LogP contribution in [0.1, 0.15) is 12.6 Å². The number of nitrogens with one attached hydrogen (secondary N) is 2. The predicted molar refractivity (Wildman–Crippen MR) is 116 cm³/mol. The van der Waals surface area contributed by atoms with E-state index in [9.17, 15) is 13.2 Å². The van der Waals surface area contributed by atoms with Gasteiger partial charge in [0, 0.05) is 13.0 Å². The largest absolute Gasteiger partial charge is 0.495 e. The van der Waals surface area contributed by atoms with Gasteiger partial charge < -0.3 is 18.7 Å². The smallest absolute Gasteiger partial charge is 0.265 e. The third-order valence-corrected chi connectivity index (χ3v) is 6.09. The van der Waals surface area contributed by atoms with Crippen LogP contribution in [0, 0.1) is 6.92 Å². The van der Waals surface area contributed by atoms with Crippen molar-refractivity contribution in [1.29, 1.82) is 0 Å². The molecule has 2 aromatic carbocycles. The van der Waals surface area contributed by atoms with Crippen molar-refractivity contribution in [3.63, 3.8) is 0 Å². The SMILES string of the molecule is COc1ccc(-c2c(C)noc2NC(C)=O)cc1S(=O)(=O)Nc1ccc2c(c1)OCCO2. The van der Waals surface area contributed by atoms with Crippen LogP contribution in [0.5, 0.6) is 17.2 Å². The van der Waals surface area contributed by atoms with Crippen molar-refractivity contribution < 1.29 is 31.9 Å². The molecule has 10 nitrogen and oxygen atoms in total. The Morgan fingerprint density at radius 3 is 2.56 bits per heavy atom. The summed E-state index contributed by atoms with van der Waals surface area (Å²) in [6.45, 7) is 3.84. The number of ether oxygens (including phenoxy) is 3. The lowest BCUT2D eigenvalue weighted by molar-refractivity contribution is -0.114. The number of carbonyl (C=O) groups is 1. The molecule has 1 aromatic heterocycles. The van der Waals surface area contributed by atoms with Crippen LogP contribution < -0.4 is 24.2 Å². The summed E-state index contributed by atoms with van der Waals surface area (Å²) in [5.74, 6) is 0.936. The summed E-state index contributed by atoms with van der Waals surface area (Å²) in [6, 6.07) is 9.40. The highest BCUT2D eigenvalue weighted by Crippen LogP contribution is 2.37. The van der Waals surface area contributed by atoms with Gasteiger partial charge in [-0.3, -0.25) is 14.8 Å². The number of hydrogen-bond acceptors (Lipinski definition) is 8. The standard InChI is InChI=1S/C21H21N3O7S/c1-12-20(21(31-23-12)22-13(2)25)14-4-6-17(28-3)19(10-14)32(26,27)24-15-5-7-16-18(11-15)30-9-8-29-16/h4-7,10-11,24H,8-9H2,1-3H3,(H,22,25). The Morgan fingerprint density at radius 2 is 1.84 bits per heavy atom. The summed E-state index contributed by atoms with van der Waals surface area (Å²) in [4.78, 5) is 11.4. The molecule has 1 aliphatic heterocycles. The van der Waals surface area contributed by atoms with E-state index < -0.39 is 10.0 Å². The number of aromatic nitrogens is 1. The molecule has 0 bridgehead atoms. The minimum Gasteiger partial charge on any atom is -0.495 e. The highest BCUT2D eigenvalue weighted by molar-refractivity contribution is 7.92. The minimum absolute atomic E-state index is 0.0956. The van der Waals surface area contributed by atoms with Crippen LogP contribution in [-0.2, 0) is 14.8 Å². The number of benzene rings is 2. The van der Waals surface area contributed by atoms with E-state index in [0.29, 0.717) is 47.2 Å². The average molecular weight is 459 g/mol. The molecule has 0 unspecified atom stereocenters. The summed E-state index contributed by atoms with van der Waals surface area (Å²) < 4.78 is 50.5. The number of carbonyl (C=O) groups excluding carboxylic acids is 1. The van der Waals surface area contributed by atoms with Gasteiger partial charge in [0.1, 0.15) is 23.9 Å². The number of aryl methyl sites for hydroxylation is 1. The molecule has 1 aliphatic rings. The molecule has 1 amide bonds. The number of fused-ring (bicyclic) bond motifs is 1. The summed E-state index contributed by atoms with van der Waals surface area (Å²) in [6.07, 6.45) is 0. The second kappa shape index (κ2) is 8.42. The van der Waals surface area contributed by atoms with Gasteiger partial charge in [-0.15, -0.1) is 0 Å². The highest BCUT2D eigenvalue weighted by atomic mass is 32.2. The Kier molecular flexibility index (Phi) is 5.66. The summed E-state index contributed by atoms with van der Waals surface area (Å²) in [5, 5.41) is 6.44. The minimum atomic E-state index is -4.05. The molecule has 4 rings (SSSR count). The van der Waals surface area contributed by atoms with E-state index in [1.807, 2.05) is 0 Å². The maximum atomic E-state index is 13.2. The van der Waals surface area contributed by atoms with Gasteiger partial charge in [0.25, 0.3) is 10.0 Å². The molecule has 0 spiro atoms.